The van der Waals surface area contributed by atoms with Gasteiger partial charge in [-0.25, -0.2) is 4.99 Å². The van der Waals surface area contributed by atoms with E-state index >= 15 is 0 Å². The summed E-state index contributed by atoms with van der Waals surface area (Å²) in [4.78, 5) is 28.0. The molecule has 0 saturated heterocycles. The molecular weight excluding hydrogens is 468 g/mol. The summed E-state index contributed by atoms with van der Waals surface area (Å²) in [5, 5.41) is 5.66. The Hall–Kier alpha value is -3.55. The molecular formula is C29H38N4O4. The predicted octanol–water partition coefficient (Wildman–Crippen LogP) is 4.28. The Kier molecular flexibility index (Phi) is 7.48. The molecule has 0 aromatic heterocycles. The van der Waals surface area contributed by atoms with Crippen LogP contribution in [0.3, 0.4) is 0 Å². The first kappa shape index (κ1) is 26.5. The SMILES string of the molecule is CC1COc2ccc(C(=O)NC3CC(C)(C)Oc4ccccc43)cc2C1.CCC1(C)CC(=O)NC(N)=N1. The molecule has 2 aromatic rings. The normalized spacial score (nSPS) is 25.4. The number of rotatable bonds is 3. The van der Waals surface area contributed by atoms with E-state index in [0.29, 0.717) is 17.9 Å². The second-order valence-electron chi connectivity index (χ2n) is 11.1. The molecule has 0 aliphatic carbocycles. The highest BCUT2D eigenvalue weighted by molar-refractivity contribution is 5.98. The van der Waals surface area contributed by atoms with Crippen LogP contribution in [0.5, 0.6) is 11.5 Å². The number of hydrogen-bond acceptors (Lipinski definition) is 6. The standard InChI is InChI=1S/C22H25NO3.C7H13N3O/c1-14-10-16-11-15(8-9-19(16)25-13-14)21(24)23-18-12-22(2,3)26-20-7-5-4-6-17(18)20;1-3-7(2)4-5(11)9-6(8)10-7/h4-9,11,14,18H,10,12-13H2,1-3H3,(H,23,24);3-4H2,1-2H3,(H3,8,9,10,11). The Morgan fingerprint density at radius 3 is 2.68 bits per heavy atom. The van der Waals surface area contributed by atoms with Gasteiger partial charge < -0.3 is 20.5 Å². The lowest BCUT2D eigenvalue weighted by atomic mass is 9.89. The van der Waals surface area contributed by atoms with Crippen LogP contribution in [0.25, 0.3) is 0 Å². The van der Waals surface area contributed by atoms with E-state index in [1.54, 1.807) is 0 Å². The molecule has 0 spiro atoms. The lowest BCUT2D eigenvalue weighted by Crippen LogP contribution is -2.47. The van der Waals surface area contributed by atoms with Crippen LogP contribution < -0.4 is 25.8 Å². The summed E-state index contributed by atoms with van der Waals surface area (Å²) < 4.78 is 11.8. The zero-order valence-electron chi connectivity index (χ0n) is 22.4. The van der Waals surface area contributed by atoms with Gasteiger partial charge in [0.2, 0.25) is 5.91 Å². The van der Waals surface area contributed by atoms with Crippen LogP contribution in [-0.2, 0) is 11.2 Å². The molecule has 5 rings (SSSR count). The molecule has 0 saturated carbocycles. The van der Waals surface area contributed by atoms with Crippen molar-refractivity contribution in [3.63, 3.8) is 0 Å². The number of para-hydroxylation sites is 1. The van der Waals surface area contributed by atoms with Crippen molar-refractivity contribution in [2.24, 2.45) is 16.6 Å². The molecule has 0 bridgehead atoms. The number of aliphatic imine (C=N–C) groups is 1. The highest BCUT2D eigenvalue weighted by Gasteiger charge is 2.34. The lowest BCUT2D eigenvalue weighted by Gasteiger charge is -2.37. The Balaban J connectivity index is 0.000000245. The minimum absolute atomic E-state index is 0.0400. The fourth-order valence-electron chi connectivity index (χ4n) is 4.96. The molecule has 37 heavy (non-hydrogen) atoms. The number of guanidine groups is 1. The molecule has 198 valence electrons. The molecule has 0 fully saturated rings. The summed E-state index contributed by atoms with van der Waals surface area (Å²) >= 11 is 0. The van der Waals surface area contributed by atoms with Crippen molar-refractivity contribution in [1.82, 2.24) is 10.6 Å². The monoisotopic (exact) mass is 506 g/mol. The second kappa shape index (κ2) is 10.4. The Morgan fingerprint density at radius 2 is 1.95 bits per heavy atom. The molecule has 8 heteroatoms. The largest absolute Gasteiger partial charge is 0.493 e. The van der Waals surface area contributed by atoms with Gasteiger partial charge in [0.25, 0.3) is 5.91 Å². The number of hydrogen-bond donors (Lipinski definition) is 3. The molecule has 3 aliphatic rings. The number of amides is 2. The molecule has 3 atom stereocenters. The van der Waals surface area contributed by atoms with E-state index in [-0.39, 0.29) is 35.0 Å². The lowest BCUT2D eigenvalue weighted by molar-refractivity contribution is -0.121. The van der Waals surface area contributed by atoms with E-state index in [9.17, 15) is 9.59 Å². The number of nitrogens with two attached hydrogens (primary N) is 1. The maximum Gasteiger partial charge on any atom is 0.251 e. The van der Waals surface area contributed by atoms with E-state index in [1.807, 2.05) is 56.3 Å². The van der Waals surface area contributed by atoms with Crippen molar-refractivity contribution in [3.8, 4) is 11.5 Å². The summed E-state index contributed by atoms with van der Waals surface area (Å²) in [5.41, 5.74) is 7.63. The highest BCUT2D eigenvalue weighted by atomic mass is 16.5. The third kappa shape index (κ3) is 6.42. The molecule has 3 unspecified atom stereocenters. The summed E-state index contributed by atoms with van der Waals surface area (Å²) in [5.74, 6) is 2.37. The average Bonchev–Trinajstić information content (AvgIpc) is 2.82. The smallest absolute Gasteiger partial charge is 0.251 e. The van der Waals surface area contributed by atoms with Gasteiger partial charge >= 0.3 is 0 Å². The fourth-order valence-corrected chi connectivity index (χ4v) is 4.96. The van der Waals surface area contributed by atoms with Crippen LogP contribution in [0, 0.1) is 5.92 Å². The first-order valence-corrected chi connectivity index (χ1v) is 13.0. The van der Waals surface area contributed by atoms with Crippen molar-refractivity contribution in [2.45, 2.75) is 77.5 Å². The van der Waals surface area contributed by atoms with E-state index in [1.165, 1.54) is 0 Å². The third-order valence-electron chi connectivity index (χ3n) is 7.06. The number of carbonyl (C=O) groups is 2. The molecule has 3 aliphatic heterocycles. The maximum atomic E-state index is 12.9. The zero-order chi connectivity index (χ0) is 26.8. The van der Waals surface area contributed by atoms with Crippen LogP contribution in [0.15, 0.2) is 47.5 Å². The van der Waals surface area contributed by atoms with Crippen LogP contribution in [0.2, 0.25) is 0 Å². The van der Waals surface area contributed by atoms with Crippen LogP contribution in [0.4, 0.5) is 0 Å². The minimum Gasteiger partial charge on any atom is -0.493 e. The molecule has 2 aromatic carbocycles. The van der Waals surface area contributed by atoms with Crippen LogP contribution in [0.1, 0.15) is 81.4 Å². The van der Waals surface area contributed by atoms with Crippen molar-refractivity contribution < 1.29 is 19.1 Å². The molecule has 0 radical (unpaired) electrons. The predicted molar refractivity (Wildman–Crippen MR) is 144 cm³/mol. The zero-order valence-corrected chi connectivity index (χ0v) is 22.4. The Morgan fingerprint density at radius 1 is 1.19 bits per heavy atom. The van der Waals surface area contributed by atoms with Crippen molar-refractivity contribution >= 4 is 17.8 Å². The molecule has 8 nitrogen and oxygen atoms in total. The second-order valence-corrected chi connectivity index (χ2v) is 11.1. The van der Waals surface area contributed by atoms with Crippen LogP contribution >= 0.6 is 0 Å². The highest BCUT2D eigenvalue weighted by Crippen LogP contribution is 2.39. The van der Waals surface area contributed by atoms with Gasteiger partial charge in [-0.05, 0) is 69.4 Å². The Bertz CT molecular complexity index is 1210. The molecule has 2 amide bonds. The molecule has 4 N–H and O–H groups in total. The van der Waals surface area contributed by atoms with Crippen molar-refractivity contribution in [2.75, 3.05) is 6.61 Å². The number of benzene rings is 2. The summed E-state index contributed by atoms with van der Waals surface area (Å²) in [6.07, 6.45) is 2.95. The van der Waals surface area contributed by atoms with E-state index < -0.39 is 0 Å². The van der Waals surface area contributed by atoms with Crippen molar-refractivity contribution in [3.05, 3.63) is 59.2 Å². The average molecular weight is 507 g/mol. The van der Waals surface area contributed by atoms with Crippen LogP contribution in [-0.4, -0.2) is 35.5 Å². The van der Waals surface area contributed by atoms with Crippen molar-refractivity contribution in [1.29, 1.82) is 0 Å². The number of carbonyl (C=O) groups excluding carboxylic acids is 2. The van der Waals surface area contributed by atoms with E-state index in [2.05, 4.69) is 36.4 Å². The third-order valence-corrected chi connectivity index (χ3v) is 7.06. The number of fused-ring (bicyclic) bond motifs is 2. The maximum absolute atomic E-state index is 12.9. The quantitative estimate of drug-likeness (QED) is 0.575. The summed E-state index contributed by atoms with van der Waals surface area (Å²) in [6.45, 7) is 10.9. The van der Waals surface area contributed by atoms with Gasteiger partial charge in [-0.15, -0.1) is 0 Å². The first-order chi connectivity index (χ1) is 17.5. The van der Waals surface area contributed by atoms with Gasteiger partial charge in [-0.3, -0.25) is 14.9 Å². The van der Waals surface area contributed by atoms with Gasteiger partial charge in [-0.1, -0.05) is 32.0 Å². The Labute approximate surface area is 219 Å². The van der Waals surface area contributed by atoms with Gasteiger partial charge in [0.1, 0.15) is 17.1 Å². The topological polar surface area (TPSA) is 115 Å². The van der Waals surface area contributed by atoms with Gasteiger partial charge in [-0.2, -0.15) is 0 Å². The number of nitrogens with zero attached hydrogens (tertiary/aromatic N) is 1. The fraction of sp³-hybridized carbons (Fsp3) is 0.483. The van der Waals surface area contributed by atoms with Gasteiger partial charge in [0.15, 0.2) is 5.96 Å². The minimum atomic E-state index is -0.314. The molecule has 3 heterocycles. The number of nitrogens with one attached hydrogen (secondary N) is 2. The number of ether oxygens (including phenoxy) is 2. The summed E-state index contributed by atoms with van der Waals surface area (Å²) in [7, 11) is 0. The van der Waals surface area contributed by atoms with E-state index in [0.717, 1.165) is 48.5 Å². The van der Waals surface area contributed by atoms with E-state index in [4.69, 9.17) is 15.2 Å². The van der Waals surface area contributed by atoms with Gasteiger partial charge in [0, 0.05) is 17.5 Å². The summed E-state index contributed by atoms with van der Waals surface area (Å²) in [6, 6.07) is 13.6. The first-order valence-electron chi connectivity index (χ1n) is 13.0. The van der Waals surface area contributed by atoms with Gasteiger partial charge in [0.05, 0.1) is 24.6 Å².